The zero-order valence-corrected chi connectivity index (χ0v) is 17.8. The second-order valence-corrected chi connectivity index (χ2v) is 9.52. The molecule has 0 radical (unpaired) electrons. The van der Waals surface area contributed by atoms with E-state index >= 15 is 0 Å². The monoisotopic (exact) mass is 418 g/mol. The summed E-state index contributed by atoms with van der Waals surface area (Å²) in [6.45, 7) is 5.44. The number of hydrogen-bond acceptors (Lipinski definition) is 7. The van der Waals surface area contributed by atoms with Crippen LogP contribution in [0.15, 0.2) is 57.2 Å². The first-order chi connectivity index (χ1) is 13.2. The van der Waals surface area contributed by atoms with Crippen LogP contribution in [-0.4, -0.2) is 34.9 Å². The molecule has 3 aromatic rings. The molecule has 4 nitrogen and oxygen atoms in total. The number of aryl methyl sites for hydroxylation is 2. The Balaban J connectivity index is 1.31. The molecule has 0 atom stereocenters. The largest absolute Gasteiger partial charge is 0.493 e. The standard InChI is InChI=1S/C20H22N2O2S3/c1-15-3-7-17(8-4-15)23-11-13-25-19-21-22-20(27-19)26-14-12-24-18-9-5-16(2)6-10-18/h3-10H,11-14H2,1-2H3. The number of hydrogen-bond donors (Lipinski definition) is 0. The molecule has 0 saturated heterocycles. The van der Waals surface area contributed by atoms with Gasteiger partial charge in [0.15, 0.2) is 8.68 Å². The third-order valence-electron chi connectivity index (χ3n) is 3.59. The van der Waals surface area contributed by atoms with Gasteiger partial charge in [-0.15, -0.1) is 10.2 Å². The molecule has 3 rings (SSSR count). The molecule has 0 unspecified atom stereocenters. The van der Waals surface area contributed by atoms with Crippen molar-refractivity contribution < 1.29 is 9.47 Å². The summed E-state index contributed by atoms with van der Waals surface area (Å²) in [5.41, 5.74) is 2.47. The van der Waals surface area contributed by atoms with Crippen molar-refractivity contribution in [2.75, 3.05) is 24.7 Å². The highest BCUT2D eigenvalue weighted by Crippen LogP contribution is 2.28. The SMILES string of the molecule is Cc1ccc(OCCSc2nnc(SCCOc3ccc(C)cc3)s2)cc1. The molecule has 0 amide bonds. The fourth-order valence-corrected chi connectivity index (χ4v) is 4.96. The van der Waals surface area contributed by atoms with Crippen LogP contribution >= 0.6 is 34.9 Å². The van der Waals surface area contributed by atoms with E-state index in [4.69, 9.17) is 9.47 Å². The summed E-state index contributed by atoms with van der Waals surface area (Å²) in [5.74, 6) is 3.51. The molecule has 0 aliphatic carbocycles. The van der Waals surface area contributed by atoms with Crippen molar-refractivity contribution in [1.29, 1.82) is 0 Å². The van der Waals surface area contributed by atoms with Gasteiger partial charge in [-0.3, -0.25) is 0 Å². The normalized spacial score (nSPS) is 10.7. The van der Waals surface area contributed by atoms with Crippen LogP contribution in [-0.2, 0) is 0 Å². The van der Waals surface area contributed by atoms with Crippen molar-refractivity contribution in [2.24, 2.45) is 0 Å². The van der Waals surface area contributed by atoms with Gasteiger partial charge >= 0.3 is 0 Å². The van der Waals surface area contributed by atoms with Crippen molar-refractivity contribution in [3.63, 3.8) is 0 Å². The van der Waals surface area contributed by atoms with E-state index in [-0.39, 0.29) is 0 Å². The lowest BCUT2D eigenvalue weighted by molar-refractivity contribution is 0.343. The summed E-state index contributed by atoms with van der Waals surface area (Å²) in [6, 6.07) is 16.2. The van der Waals surface area contributed by atoms with Crippen LogP contribution < -0.4 is 9.47 Å². The Bertz CT molecular complexity index is 752. The fraction of sp³-hybridized carbons (Fsp3) is 0.300. The van der Waals surface area contributed by atoms with Crippen LogP contribution in [0.2, 0.25) is 0 Å². The summed E-state index contributed by atoms with van der Waals surface area (Å²) < 4.78 is 13.4. The minimum Gasteiger partial charge on any atom is -0.493 e. The zero-order chi connectivity index (χ0) is 18.9. The van der Waals surface area contributed by atoms with E-state index in [0.717, 1.165) is 31.7 Å². The lowest BCUT2D eigenvalue weighted by Crippen LogP contribution is -1.99. The van der Waals surface area contributed by atoms with Crippen molar-refractivity contribution in [1.82, 2.24) is 10.2 Å². The highest BCUT2D eigenvalue weighted by Gasteiger charge is 2.06. The molecule has 0 fully saturated rings. The van der Waals surface area contributed by atoms with Gasteiger partial charge in [-0.1, -0.05) is 70.3 Å². The number of nitrogens with zero attached hydrogens (tertiary/aromatic N) is 2. The van der Waals surface area contributed by atoms with E-state index in [1.807, 2.05) is 24.3 Å². The smallest absolute Gasteiger partial charge is 0.175 e. The van der Waals surface area contributed by atoms with Crippen molar-refractivity contribution in [3.8, 4) is 11.5 Å². The Morgan fingerprint density at radius 1 is 0.704 bits per heavy atom. The second-order valence-electron chi connectivity index (χ2n) is 5.85. The molecule has 1 heterocycles. The number of rotatable bonds is 10. The lowest BCUT2D eigenvalue weighted by atomic mass is 10.2. The quantitative estimate of drug-likeness (QED) is 0.320. The molecule has 0 aliphatic rings. The Labute approximate surface area is 172 Å². The minimum atomic E-state index is 0.653. The molecular formula is C20H22N2O2S3. The molecule has 27 heavy (non-hydrogen) atoms. The van der Waals surface area contributed by atoms with Crippen molar-refractivity contribution >= 4 is 34.9 Å². The maximum atomic E-state index is 5.73. The van der Waals surface area contributed by atoms with Gasteiger partial charge in [-0.05, 0) is 38.1 Å². The summed E-state index contributed by atoms with van der Waals surface area (Å²) in [5, 5.41) is 8.47. The predicted molar refractivity (Wildman–Crippen MR) is 115 cm³/mol. The fourth-order valence-electron chi connectivity index (χ4n) is 2.16. The van der Waals surface area contributed by atoms with Crippen LogP contribution in [0.4, 0.5) is 0 Å². The lowest BCUT2D eigenvalue weighted by Gasteiger charge is -2.05. The van der Waals surface area contributed by atoms with E-state index in [2.05, 4.69) is 48.3 Å². The van der Waals surface area contributed by atoms with E-state index in [0.29, 0.717) is 13.2 Å². The van der Waals surface area contributed by atoms with E-state index in [1.54, 1.807) is 34.9 Å². The first-order valence-corrected chi connectivity index (χ1v) is 11.5. The second kappa shape index (κ2) is 10.6. The van der Waals surface area contributed by atoms with Gasteiger partial charge in [0.1, 0.15) is 11.5 Å². The molecule has 0 saturated carbocycles. The third kappa shape index (κ3) is 7.08. The molecule has 142 valence electrons. The van der Waals surface area contributed by atoms with Gasteiger partial charge < -0.3 is 9.47 Å². The molecule has 2 aromatic carbocycles. The number of aromatic nitrogens is 2. The first kappa shape index (κ1) is 20.0. The van der Waals surface area contributed by atoms with Gasteiger partial charge in [0.2, 0.25) is 0 Å². The summed E-state index contributed by atoms with van der Waals surface area (Å²) in [7, 11) is 0. The van der Waals surface area contributed by atoms with Gasteiger partial charge in [0.05, 0.1) is 13.2 Å². The zero-order valence-electron chi connectivity index (χ0n) is 15.4. The molecular weight excluding hydrogens is 396 g/mol. The number of benzene rings is 2. The summed E-state index contributed by atoms with van der Waals surface area (Å²) in [6.07, 6.45) is 0. The van der Waals surface area contributed by atoms with E-state index < -0.39 is 0 Å². The van der Waals surface area contributed by atoms with Crippen LogP contribution in [0.1, 0.15) is 11.1 Å². The number of thioether (sulfide) groups is 2. The van der Waals surface area contributed by atoms with Crippen LogP contribution in [0.25, 0.3) is 0 Å². The summed E-state index contributed by atoms with van der Waals surface area (Å²) >= 11 is 4.97. The highest BCUT2D eigenvalue weighted by molar-refractivity contribution is 8.03. The van der Waals surface area contributed by atoms with Gasteiger partial charge in [-0.25, -0.2) is 0 Å². The molecule has 0 spiro atoms. The van der Waals surface area contributed by atoms with Crippen LogP contribution in [0.3, 0.4) is 0 Å². The molecule has 7 heteroatoms. The van der Waals surface area contributed by atoms with Crippen molar-refractivity contribution in [2.45, 2.75) is 22.5 Å². The van der Waals surface area contributed by atoms with Gasteiger partial charge in [0.25, 0.3) is 0 Å². The first-order valence-electron chi connectivity index (χ1n) is 8.67. The Hall–Kier alpha value is -1.70. The topological polar surface area (TPSA) is 44.2 Å². The predicted octanol–water partition coefficient (Wildman–Crippen LogP) is 5.50. The van der Waals surface area contributed by atoms with Crippen LogP contribution in [0, 0.1) is 13.8 Å². The van der Waals surface area contributed by atoms with E-state index in [1.165, 1.54) is 11.1 Å². The average Bonchev–Trinajstić information content (AvgIpc) is 3.13. The summed E-state index contributed by atoms with van der Waals surface area (Å²) in [4.78, 5) is 0. The van der Waals surface area contributed by atoms with Gasteiger partial charge in [0, 0.05) is 11.5 Å². The Morgan fingerprint density at radius 2 is 1.11 bits per heavy atom. The van der Waals surface area contributed by atoms with Crippen LogP contribution in [0.5, 0.6) is 11.5 Å². The molecule has 0 bridgehead atoms. The van der Waals surface area contributed by atoms with Gasteiger partial charge in [-0.2, -0.15) is 0 Å². The average molecular weight is 419 g/mol. The Kier molecular flexibility index (Phi) is 7.86. The molecule has 0 N–H and O–H groups in total. The molecule has 1 aromatic heterocycles. The maximum Gasteiger partial charge on any atom is 0.175 e. The minimum absolute atomic E-state index is 0.653. The maximum absolute atomic E-state index is 5.73. The van der Waals surface area contributed by atoms with Crippen molar-refractivity contribution in [3.05, 3.63) is 59.7 Å². The Morgan fingerprint density at radius 3 is 1.52 bits per heavy atom. The highest BCUT2D eigenvalue weighted by atomic mass is 32.2. The number of ether oxygens (including phenoxy) is 2. The molecule has 0 aliphatic heterocycles. The van der Waals surface area contributed by atoms with E-state index in [9.17, 15) is 0 Å². The third-order valence-corrected chi connectivity index (χ3v) is 6.70.